The molecule has 1 heterocycles. The van der Waals surface area contributed by atoms with Gasteiger partial charge in [-0.05, 0) is 29.3 Å². The predicted octanol–water partition coefficient (Wildman–Crippen LogP) is 3.51. The molecule has 4 nitrogen and oxygen atoms in total. The summed E-state index contributed by atoms with van der Waals surface area (Å²) in [6.45, 7) is 0. The minimum absolute atomic E-state index is 0.246. The van der Waals surface area contributed by atoms with E-state index in [1.54, 1.807) is 30.7 Å². The van der Waals surface area contributed by atoms with Gasteiger partial charge in [-0.25, -0.2) is 5.43 Å². The maximum Gasteiger partial charge on any atom is 0.271 e. The van der Waals surface area contributed by atoms with E-state index in [0.29, 0.717) is 5.56 Å². The lowest BCUT2D eigenvalue weighted by Crippen LogP contribution is -2.17. The minimum atomic E-state index is -0.246. The number of rotatable bonds is 4. The summed E-state index contributed by atoms with van der Waals surface area (Å²) in [6.07, 6.45) is 4.91. The number of hydrazone groups is 1. The van der Waals surface area contributed by atoms with E-state index in [-0.39, 0.29) is 5.91 Å². The van der Waals surface area contributed by atoms with Gasteiger partial charge in [-0.2, -0.15) is 5.10 Å². The largest absolute Gasteiger partial charge is 0.271 e. The summed E-state index contributed by atoms with van der Waals surface area (Å²) in [5.74, 6) is -0.246. The molecule has 1 amide bonds. The maximum absolute atomic E-state index is 12.0. The van der Waals surface area contributed by atoms with Gasteiger partial charge in [0, 0.05) is 23.5 Å². The van der Waals surface area contributed by atoms with E-state index in [2.05, 4.69) is 15.5 Å². The number of hydrogen-bond acceptors (Lipinski definition) is 3. The molecule has 0 aliphatic carbocycles. The molecule has 0 aliphatic heterocycles. The van der Waals surface area contributed by atoms with Crippen LogP contribution >= 0.6 is 0 Å². The predicted molar refractivity (Wildman–Crippen MR) is 91.2 cm³/mol. The molecule has 0 radical (unpaired) electrons. The van der Waals surface area contributed by atoms with Crippen LogP contribution in [0.15, 0.2) is 84.2 Å². The van der Waals surface area contributed by atoms with Crippen LogP contribution in [-0.4, -0.2) is 17.1 Å². The summed E-state index contributed by atoms with van der Waals surface area (Å²) in [7, 11) is 0. The topological polar surface area (TPSA) is 54.4 Å². The number of pyridine rings is 1. The van der Waals surface area contributed by atoms with Gasteiger partial charge in [0.05, 0.1) is 6.21 Å². The highest BCUT2D eigenvalue weighted by Gasteiger charge is 2.04. The minimum Gasteiger partial charge on any atom is -0.267 e. The fraction of sp³-hybridized carbons (Fsp3) is 0. The first-order chi connectivity index (χ1) is 11.3. The van der Waals surface area contributed by atoms with Gasteiger partial charge in [0.15, 0.2) is 0 Å². The molecule has 4 heteroatoms. The Balaban J connectivity index is 1.65. The summed E-state index contributed by atoms with van der Waals surface area (Å²) >= 11 is 0. The number of amides is 1. The van der Waals surface area contributed by atoms with Crippen LogP contribution in [0.3, 0.4) is 0 Å². The zero-order valence-corrected chi connectivity index (χ0v) is 12.4. The average molecular weight is 301 g/mol. The molecule has 112 valence electrons. The lowest BCUT2D eigenvalue weighted by atomic mass is 10.0. The summed E-state index contributed by atoms with van der Waals surface area (Å²) in [5, 5.41) is 3.93. The Labute approximate surface area is 134 Å². The van der Waals surface area contributed by atoms with Crippen molar-refractivity contribution >= 4 is 12.1 Å². The van der Waals surface area contributed by atoms with E-state index < -0.39 is 0 Å². The summed E-state index contributed by atoms with van der Waals surface area (Å²) in [4.78, 5) is 16.0. The van der Waals surface area contributed by atoms with E-state index in [1.165, 1.54) is 0 Å². The molecule has 0 fully saturated rings. The lowest BCUT2D eigenvalue weighted by Gasteiger charge is -2.03. The molecule has 0 bridgehead atoms. The first-order valence-electron chi connectivity index (χ1n) is 7.22. The van der Waals surface area contributed by atoms with Gasteiger partial charge < -0.3 is 0 Å². The van der Waals surface area contributed by atoms with Crippen molar-refractivity contribution in [1.29, 1.82) is 0 Å². The van der Waals surface area contributed by atoms with Gasteiger partial charge in [0.1, 0.15) is 0 Å². The number of hydrogen-bond donors (Lipinski definition) is 1. The number of nitrogens with zero attached hydrogens (tertiary/aromatic N) is 2. The number of carbonyl (C=O) groups excluding carboxylic acids is 1. The Morgan fingerprint density at radius 1 is 0.913 bits per heavy atom. The van der Waals surface area contributed by atoms with E-state index >= 15 is 0 Å². The van der Waals surface area contributed by atoms with E-state index in [0.717, 1.165) is 16.7 Å². The van der Waals surface area contributed by atoms with Crippen LogP contribution in [0.1, 0.15) is 15.9 Å². The maximum atomic E-state index is 12.0. The van der Waals surface area contributed by atoms with Crippen molar-refractivity contribution in [1.82, 2.24) is 10.4 Å². The number of aromatic nitrogens is 1. The van der Waals surface area contributed by atoms with Crippen LogP contribution in [0.25, 0.3) is 11.1 Å². The van der Waals surface area contributed by atoms with Gasteiger partial charge in [0.2, 0.25) is 0 Å². The zero-order chi connectivity index (χ0) is 15.9. The zero-order valence-electron chi connectivity index (χ0n) is 12.4. The first-order valence-corrected chi connectivity index (χ1v) is 7.22. The third-order valence-electron chi connectivity index (χ3n) is 3.32. The molecule has 0 aliphatic rings. The molecule has 1 aromatic heterocycles. The van der Waals surface area contributed by atoms with Crippen molar-refractivity contribution in [2.75, 3.05) is 0 Å². The second-order valence-electron chi connectivity index (χ2n) is 4.93. The van der Waals surface area contributed by atoms with Crippen molar-refractivity contribution in [3.05, 3.63) is 90.3 Å². The quantitative estimate of drug-likeness (QED) is 0.592. The van der Waals surface area contributed by atoms with Crippen molar-refractivity contribution in [3.8, 4) is 11.1 Å². The van der Waals surface area contributed by atoms with Crippen molar-refractivity contribution < 1.29 is 4.79 Å². The lowest BCUT2D eigenvalue weighted by molar-refractivity contribution is 0.0955. The molecule has 0 saturated heterocycles. The van der Waals surface area contributed by atoms with Gasteiger partial charge >= 0.3 is 0 Å². The van der Waals surface area contributed by atoms with Crippen LogP contribution in [0.2, 0.25) is 0 Å². The average Bonchev–Trinajstić information content (AvgIpc) is 2.63. The number of benzene rings is 2. The van der Waals surface area contributed by atoms with Crippen LogP contribution in [0, 0.1) is 0 Å². The van der Waals surface area contributed by atoms with Crippen molar-refractivity contribution in [2.24, 2.45) is 5.10 Å². The molecule has 0 atom stereocenters. The van der Waals surface area contributed by atoms with E-state index in [9.17, 15) is 4.79 Å². The van der Waals surface area contributed by atoms with E-state index in [1.807, 2.05) is 54.6 Å². The number of carbonyl (C=O) groups is 1. The van der Waals surface area contributed by atoms with Crippen molar-refractivity contribution in [2.45, 2.75) is 0 Å². The molecule has 0 unspecified atom stereocenters. The van der Waals surface area contributed by atoms with Gasteiger partial charge in [0.25, 0.3) is 5.91 Å². The summed E-state index contributed by atoms with van der Waals surface area (Å²) in [5.41, 5.74) is 6.09. The highest BCUT2D eigenvalue weighted by atomic mass is 16.2. The van der Waals surface area contributed by atoms with Gasteiger partial charge in [-0.15, -0.1) is 0 Å². The normalized spacial score (nSPS) is 10.6. The third kappa shape index (κ3) is 3.89. The molecule has 1 N–H and O–H groups in total. The van der Waals surface area contributed by atoms with Crippen LogP contribution < -0.4 is 5.43 Å². The first kappa shape index (κ1) is 14.7. The molecule has 2 aromatic carbocycles. The van der Waals surface area contributed by atoms with Gasteiger partial charge in [-0.3, -0.25) is 9.78 Å². The molecule has 3 aromatic rings. The van der Waals surface area contributed by atoms with Crippen LogP contribution in [-0.2, 0) is 0 Å². The summed E-state index contributed by atoms with van der Waals surface area (Å²) in [6, 6.07) is 21.1. The third-order valence-corrected chi connectivity index (χ3v) is 3.32. The SMILES string of the molecule is O=C(N/N=C\c1cccnc1)c1ccc(-c2ccccc2)cc1. The summed E-state index contributed by atoms with van der Waals surface area (Å²) < 4.78 is 0. The van der Waals surface area contributed by atoms with Crippen molar-refractivity contribution in [3.63, 3.8) is 0 Å². The molecular formula is C19H15N3O. The molecule has 3 rings (SSSR count). The van der Waals surface area contributed by atoms with Crippen LogP contribution in [0.5, 0.6) is 0 Å². The standard InChI is InChI=1S/C19H15N3O/c23-19(22-21-14-15-5-4-12-20-13-15)18-10-8-17(9-11-18)16-6-2-1-3-7-16/h1-14H,(H,22,23)/b21-14-. The molecular weight excluding hydrogens is 286 g/mol. The van der Waals surface area contributed by atoms with Gasteiger partial charge in [-0.1, -0.05) is 48.5 Å². The fourth-order valence-electron chi connectivity index (χ4n) is 2.13. The Kier molecular flexibility index (Phi) is 4.55. The second-order valence-corrected chi connectivity index (χ2v) is 4.93. The fourth-order valence-corrected chi connectivity index (χ4v) is 2.13. The molecule has 0 spiro atoms. The molecule has 23 heavy (non-hydrogen) atoms. The Bertz CT molecular complexity index is 797. The monoisotopic (exact) mass is 301 g/mol. The highest BCUT2D eigenvalue weighted by molar-refractivity contribution is 5.95. The highest BCUT2D eigenvalue weighted by Crippen LogP contribution is 2.19. The Morgan fingerprint density at radius 3 is 2.35 bits per heavy atom. The number of nitrogens with one attached hydrogen (secondary N) is 1. The smallest absolute Gasteiger partial charge is 0.267 e. The Morgan fingerprint density at radius 2 is 1.65 bits per heavy atom. The van der Waals surface area contributed by atoms with E-state index in [4.69, 9.17) is 0 Å². The van der Waals surface area contributed by atoms with Crippen LogP contribution in [0.4, 0.5) is 0 Å². The Hall–Kier alpha value is -3.27. The second kappa shape index (κ2) is 7.13. The molecule has 0 saturated carbocycles.